The Labute approximate surface area is 84.5 Å². The molecule has 0 aliphatic heterocycles. The van der Waals surface area contributed by atoms with Gasteiger partial charge in [0.15, 0.2) is 0 Å². The van der Waals surface area contributed by atoms with Gasteiger partial charge in [-0.1, -0.05) is 27.7 Å². The first-order valence-corrected chi connectivity index (χ1v) is 5.20. The zero-order chi connectivity index (χ0) is 10.7. The number of aromatic amines is 1. The van der Waals surface area contributed by atoms with Crippen molar-refractivity contribution in [1.29, 1.82) is 0 Å². The summed E-state index contributed by atoms with van der Waals surface area (Å²) in [4.78, 5) is 13.8. The van der Waals surface area contributed by atoms with E-state index in [1.807, 2.05) is 0 Å². The normalized spacial score (nSPS) is 11.6. The van der Waals surface area contributed by atoms with Gasteiger partial charge in [-0.05, 0) is 18.3 Å². The molecule has 0 radical (unpaired) electrons. The maximum absolute atomic E-state index is 11.1. The van der Waals surface area contributed by atoms with Crippen LogP contribution < -0.4 is 5.76 Å². The molecule has 3 nitrogen and oxygen atoms in total. The molecule has 0 fully saturated rings. The average Bonchev–Trinajstić information content (AvgIpc) is 2.28. The van der Waals surface area contributed by atoms with Crippen molar-refractivity contribution >= 4 is 0 Å². The summed E-state index contributed by atoms with van der Waals surface area (Å²) in [6.45, 7) is 8.49. The Morgan fingerprint density at radius 1 is 1.14 bits per heavy atom. The van der Waals surface area contributed by atoms with Gasteiger partial charge in [-0.3, -0.25) is 4.98 Å². The number of aromatic nitrogens is 1. The van der Waals surface area contributed by atoms with Gasteiger partial charge in [0, 0.05) is 6.42 Å². The molecule has 1 aromatic heterocycles. The molecule has 0 unspecified atom stereocenters. The number of hydrogen-bond donors (Lipinski definition) is 1. The fourth-order valence-corrected chi connectivity index (χ4v) is 1.50. The van der Waals surface area contributed by atoms with Crippen LogP contribution in [0.1, 0.15) is 39.1 Å². The van der Waals surface area contributed by atoms with Gasteiger partial charge in [0.05, 0.1) is 5.69 Å². The lowest BCUT2D eigenvalue weighted by atomic mass is 10.0. The molecule has 14 heavy (non-hydrogen) atoms. The molecule has 1 heterocycles. The minimum atomic E-state index is -0.323. The van der Waals surface area contributed by atoms with E-state index in [4.69, 9.17) is 4.42 Å². The third-order valence-corrected chi connectivity index (χ3v) is 2.01. The van der Waals surface area contributed by atoms with Gasteiger partial charge in [0.2, 0.25) is 0 Å². The Morgan fingerprint density at radius 2 is 1.71 bits per heavy atom. The van der Waals surface area contributed by atoms with E-state index < -0.39 is 0 Å². The Kier molecular flexibility index (Phi) is 3.55. The van der Waals surface area contributed by atoms with Crippen LogP contribution in [-0.4, -0.2) is 4.98 Å². The molecule has 80 valence electrons. The summed E-state index contributed by atoms with van der Waals surface area (Å²) in [5.74, 6) is 1.56. The predicted molar refractivity (Wildman–Crippen MR) is 56.4 cm³/mol. The highest BCUT2D eigenvalue weighted by Gasteiger charge is 2.12. The van der Waals surface area contributed by atoms with Crippen LogP contribution in [0, 0.1) is 11.8 Å². The van der Waals surface area contributed by atoms with Crippen LogP contribution in [0.5, 0.6) is 0 Å². The fourth-order valence-electron chi connectivity index (χ4n) is 1.50. The highest BCUT2D eigenvalue weighted by atomic mass is 16.4. The van der Waals surface area contributed by atoms with Crippen molar-refractivity contribution in [1.82, 2.24) is 4.98 Å². The van der Waals surface area contributed by atoms with Crippen molar-refractivity contribution in [3.63, 3.8) is 0 Å². The van der Waals surface area contributed by atoms with Gasteiger partial charge in [-0.2, -0.15) is 0 Å². The quantitative estimate of drug-likeness (QED) is 0.805. The zero-order valence-corrected chi connectivity index (χ0v) is 9.39. The number of nitrogens with one attached hydrogen (secondary N) is 1. The second-order valence-corrected chi connectivity index (χ2v) is 4.61. The Balaban J connectivity index is 2.85. The van der Waals surface area contributed by atoms with Crippen LogP contribution in [0.4, 0.5) is 0 Å². The minimum absolute atomic E-state index is 0.323. The van der Waals surface area contributed by atoms with Crippen LogP contribution in [0.15, 0.2) is 9.21 Å². The number of oxazole rings is 1. The molecule has 0 saturated carbocycles. The molecule has 0 spiro atoms. The van der Waals surface area contributed by atoms with Crippen molar-refractivity contribution in [2.24, 2.45) is 11.8 Å². The third kappa shape index (κ3) is 3.05. The molecule has 0 aliphatic rings. The first kappa shape index (κ1) is 11.1. The van der Waals surface area contributed by atoms with E-state index in [1.165, 1.54) is 0 Å². The molecule has 0 bridgehead atoms. The summed E-state index contributed by atoms with van der Waals surface area (Å²) in [7, 11) is 0. The highest BCUT2D eigenvalue weighted by Crippen LogP contribution is 2.14. The van der Waals surface area contributed by atoms with E-state index >= 15 is 0 Å². The van der Waals surface area contributed by atoms with Crippen molar-refractivity contribution < 1.29 is 4.42 Å². The maximum Gasteiger partial charge on any atom is 0.416 e. The molecule has 0 saturated heterocycles. The van der Waals surface area contributed by atoms with E-state index in [-0.39, 0.29) is 5.76 Å². The molecule has 1 aromatic rings. The molecular weight excluding hydrogens is 178 g/mol. The average molecular weight is 197 g/mol. The lowest BCUT2D eigenvalue weighted by Gasteiger charge is -2.05. The largest absolute Gasteiger partial charge is 0.416 e. The molecule has 0 atom stereocenters. The molecule has 1 N–H and O–H groups in total. The van der Waals surface area contributed by atoms with E-state index in [0.29, 0.717) is 11.8 Å². The number of rotatable bonds is 4. The second kappa shape index (κ2) is 4.49. The van der Waals surface area contributed by atoms with Gasteiger partial charge >= 0.3 is 5.76 Å². The number of H-pyrrole nitrogens is 1. The summed E-state index contributed by atoms with van der Waals surface area (Å²) in [6.07, 6.45) is 1.72. The Morgan fingerprint density at radius 3 is 2.21 bits per heavy atom. The third-order valence-electron chi connectivity index (χ3n) is 2.01. The van der Waals surface area contributed by atoms with Crippen molar-refractivity contribution in [2.75, 3.05) is 0 Å². The monoisotopic (exact) mass is 197 g/mol. The summed E-state index contributed by atoms with van der Waals surface area (Å²) in [5, 5.41) is 0. The summed E-state index contributed by atoms with van der Waals surface area (Å²) >= 11 is 0. The Hall–Kier alpha value is -0.990. The molecular formula is C11H19NO2. The molecule has 1 rings (SSSR count). The van der Waals surface area contributed by atoms with Crippen molar-refractivity contribution in [3.8, 4) is 0 Å². The van der Waals surface area contributed by atoms with Crippen LogP contribution in [0.2, 0.25) is 0 Å². The van der Waals surface area contributed by atoms with Crippen LogP contribution >= 0.6 is 0 Å². The first-order valence-electron chi connectivity index (χ1n) is 5.20. The van der Waals surface area contributed by atoms with Crippen LogP contribution in [0.3, 0.4) is 0 Å². The maximum atomic E-state index is 11.1. The zero-order valence-electron chi connectivity index (χ0n) is 9.39. The number of hydrogen-bond acceptors (Lipinski definition) is 2. The predicted octanol–water partition coefficient (Wildman–Crippen LogP) is 2.36. The topological polar surface area (TPSA) is 46.0 Å². The molecule has 3 heteroatoms. The highest BCUT2D eigenvalue weighted by molar-refractivity contribution is 5.08. The van der Waals surface area contributed by atoms with Gasteiger partial charge in [-0.25, -0.2) is 4.79 Å². The van der Waals surface area contributed by atoms with Gasteiger partial charge in [0.25, 0.3) is 0 Å². The lowest BCUT2D eigenvalue weighted by molar-refractivity contribution is 0.438. The standard InChI is InChI=1S/C11H19NO2/c1-7(2)5-9-10(6-8(3)4)14-11(13)12-9/h7-8H,5-6H2,1-4H3,(H,12,13). The summed E-state index contributed by atoms with van der Waals surface area (Å²) in [6, 6.07) is 0. The molecule has 0 aromatic carbocycles. The molecule has 0 amide bonds. The van der Waals surface area contributed by atoms with Gasteiger partial charge < -0.3 is 4.42 Å². The fraction of sp³-hybridized carbons (Fsp3) is 0.727. The summed E-state index contributed by atoms with van der Waals surface area (Å²) < 4.78 is 5.12. The van der Waals surface area contributed by atoms with E-state index in [2.05, 4.69) is 32.7 Å². The first-order chi connectivity index (χ1) is 6.49. The summed E-state index contributed by atoms with van der Waals surface area (Å²) in [5.41, 5.74) is 0.971. The van der Waals surface area contributed by atoms with Gasteiger partial charge in [-0.15, -0.1) is 0 Å². The molecule has 0 aliphatic carbocycles. The Bertz CT molecular complexity index is 303. The lowest BCUT2D eigenvalue weighted by Crippen LogP contribution is -2.02. The smallest absolute Gasteiger partial charge is 0.413 e. The SMILES string of the molecule is CC(C)Cc1[nH]c(=O)oc1CC(C)C. The minimum Gasteiger partial charge on any atom is -0.413 e. The van der Waals surface area contributed by atoms with E-state index in [0.717, 1.165) is 24.3 Å². The van der Waals surface area contributed by atoms with Crippen LogP contribution in [-0.2, 0) is 12.8 Å². The van der Waals surface area contributed by atoms with Crippen LogP contribution in [0.25, 0.3) is 0 Å². The van der Waals surface area contributed by atoms with E-state index in [1.54, 1.807) is 0 Å². The second-order valence-electron chi connectivity index (χ2n) is 4.61. The van der Waals surface area contributed by atoms with Crippen molar-refractivity contribution in [3.05, 3.63) is 22.0 Å². The van der Waals surface area contributed by atoms with Crippen molar-refractivity contribution in [2.45, 2.75) is 40.5 Å². The van der Waals surface area contributed by atoms with E-state index in [9.17, 15) is 4.79 Å². The van der Waals surface area contributed by atoms with Gasteiger partial charge in [0.1, 0.15) is 5.76 Å².